The molecule has 0 bridgehead atoms. The van der Waals surface area contributed by atoms with E-state index in [0.717, 1.165) is 12.8 Å². The van der Waals surface area contributed by atoms with Gasteiger partial charge < -0.3 is 4.74 Å². The summed E-state index contributed by atoms with van der Waals surface area (Å²) in [5.41, 5.74) is 0.236. The molecule has 1 spiro atoms. The van der Waals surface area contributed by atoms with Crippen molar-refractivity contribution in [2.75, 3.05) is 0 Å². The van der Waals surface area contributed by atoms with Gasteiger partial charge in [0.15, 0.2) is 0 Å². The molecule has 1 aliphatic carbocycles. The molecule has 1 saturated carbocycles. The number of ether oxygens (including phenoxy) is 1. The molecule has 1 aliphatic heterocycles. The van der Waals surface area contributed by atoms with Gasteiger partial charge in [0.25, 0.3) is 0 Å². The smallest absolute Gasteiger partial charge is 0.132 e. The highest BCUT2D eigenvalue weighted by Crippen LogP contribution is 2.44. The molecule has 0 aromatic heterocycles. The highest BCUT2D eigenvalue weighted by molar-refractivity contribution is 5.77. The molecule has 1 saturated heterocycles. The van der Waals surface area contributed by atoms with Crippen LogP contribution in [0.25, 0.3) is 0 Å². The molecule has 2 fully saturated rings. The third kappa shape index (κ3) is 2.60. The fraction of sp³-hybridized carbons (Fsp3) is 0.923. The fourth-order valence-corrected chi connectivity index (χ4v) is 2.98. The van der Waals surface area contributed by atoms with Crippen molar-refractivity contribution in [3.63, 3.8) is 0 Å². The van der Waals surface area contributed by atoms with Crippen molar-refractivity contribution in [1.29, 1.82) is 0 Å². The highest BCUT2D eigenvalue weighted by Gasteiger charge is 2.41. The van der Waals surface area contributed by atoms with E-state index in [1.54, 1.807) is 0 Å². The van der Waals surface area contributed by atoms with Gasteiger partial charge in [-0.15, -0.1) is 0 Å². The first-order chi connectivity index (χ1) is 7.24. The summed E-state index contributed by atoms with van der Waals surface area (Å²) in [5, 5.41) is 0. The lowest BCUT2D eigenvalue weighted by molar-refractivity contribution is -0.120. The molecular formula is C13H22O2. The number of carbonyl (C=O) groups excluding carboxylic acids is 1. The molecule has 86 valence electrons. The van der Waals surface area contributed by atoms with Crippen molar-refractivity contribution in [3.05, 3.63) is 0 Å². The van der Waals surface area contributed by atoms with Crippen LogP contribution < -0.4 is 0 Å². The Balaban J connectivity index is 1.75. The molecular weight excluding hydrogens is 188 g/mol. The van der Waals surface area contributed by atoms with Crippen molar-refractivity contribution in [2.24, 2.45) is 0 Å². The van der Waals surface area contributed by atoms with Crippen molar-refractivity contribution in [2.45, 2.75) is 76.4 Å². The summed E-state index contributed by atoms with van der Waals surface area (Å²) in [5.74, 6) is 0.381. The normalized spacial score (nSPS) is 28.7. The third-order valence-electron chi connectivity index (χ3n) is 3.99. The summed E-state index contributed by atoms with van der Waals surface area (Å²) in [4.78, 5) is 11.2. The second-order valence-corrected chi connectivity index (χ2v) is 5.10. The van der Waals surface area contributed by atoms with Crippen LogP contribution in [0.4, 0.5) is 0 Å². The molecule has 0 N–H and O–H groups in total. The monoisotopic (exact) mass is 210 g/mol. The van der Waals surface area contributed by atoms with Gasteiger partial charge in [-0.2, -0.15) is 0 Å². The second-order valence-electron chi connectivity index (χ2n) is 5.10. The second kappa shape index (κ2) is 4.65. The molecule has 2 rings (SSSR count). The van der Waals surface area contributed by atoms with Crippen LogP contribution in [0.1, 0.15) is 64.7 Å². The van der Waals surface area contributed by atoms with E-state index in [0.29, 0.717) is 18.3 Å². The first kappa shape index (κ1) is 11.1. The van der Waals surface area contributed by atoms with Gasteiger partial charge in [-0.1, -0.05) is 19.8 Å². The molecule has 0 aromatic carbocycles. The molecule has 2 heteroatoms. The molecule has 0 amide bonds. The van der Waals surface area contributed by atoms with E-state index in [2.05, 4.69) is 0 Å². The van der Waals surface area contributed by atoms with E-state index in [1.165, 1.54) is 38.5 Å². The number of ketones is 1. The van der Waals surface area contributed by atoms with Crippen LogP contribution in [-0.4, -0.2) is 17.5 Å². The predicted octanol–water partition coefficient (Wildman–Crippen LogP) is 3.24. The minimum absolute atomic E-state index is 0.236. The molecule has 15 heavy (non-hydrogen) atoms. The SMILES string of the molecule is CCC(=O)CCC1CCC2(CCCC2)O1. The van der Waals surface area contributed by atoms with Crippen LogP contribution in [0.2, 0.25) is 0 Å². The number of carbonyl (C=O) groups is 1. The Labute approximate surface area is 92.4 Å². The van der Waals surface area contributed by atoms with Crippen molar-refractivity contribution >= 4 is 5.78 Å². The van der Waals surface area contributed by atoms with Crippen molar-refractivity contribution in [3.8, 4) is 0 Å². The van der Waals surface area contributed by atoms with E-state index in [4.69, 9.17) is 4.74 Å². The molecule has 2 nitrogen and oxygen atoms in total. The fourth-order valence-electron chi connectivity index (χ4n) is 2.98. The van der Waals surface area contributed by atoms with Gasteiger partial charge in [-0.05, 0) is 32.1 Å². The standard InChI is InChI=1S/C13H22O2/c1-2-11(14)5-6-12-7-10-13(15-12)8-3-4-9-13/h12H,2-10H2,1H3. The Bertz CT molecular complexity index is 229. The van der Waals surface area contributed by atoms with Crippen molar-refractivity contribution < 1.29 is 9.53 Å². The zero-order valence-electron chi connectivity index (χ0n) is 9.76. The average molecular weight is 210 g/mol. The lowest BCUT2D eigenvalue weighted by Gasteiger charge is -2.23. The maximum Gasteiger partial charge on any atom is 0.132 e. The van der Waals surface area contributed by atoms with Gasteiger partial charge in [0, 0.05) is 12.8 Å². The Morgan fingerprint density at radius 3 is 2.73 bits per heavy atom. The maximum absolute atomic E-state index is 11.2. The summed E-state index contributed by atoms with van der Waals surface area (Å²) in [6.07, 6.45) is 10.3. The minimum Gasteiger partial charge on any atom is -0.372 e. The number of rotatable bonds is 4. The molecule has 1 unspecified atom stereocenters. The zero-order valence-corrected chi connectivity index (χ0v) is 9.76. The minimum atomic E-state index is 0.236. The van der Waals surface area contributed by atoms with Crippen LogP contribution in [-0.2, 0) is 9.53 Å². The van der Waals surface area contributed by atoms with Gasteiger partial charge in [0.1, 0.15) is 5.78 Å². The van der Waals surface area contributed by atoms with Crippen LogP contribution in [0.5, 0.6) is 0 Å². The number of Topliss-reactive ketones (excluding diaryl/α,β-unsaturated/α-hetero) is 1. The average Bonchev–Trinajstić information content (AvgIpc) is 2.86. The van der Waals surface area contributed by atoms with Gasteiger partial charge in [0.05, 0.1) is 11.7 Å². The highest BCUT2D eigenvalue weighted by atomic mass is 16.5. The summed E-state index contributed by atoms with van der Waals surface area (Å²) in [6.45, 7) is 1.94. The maximum atomic E-state index is 11.2. The van der Waals surface area contributed by atoms with Crippen LogP contribution in [0, 0.1) is 0 Å². The van der Waals surface area contributed by atoms with Crippen molar-refractivity contribution in [1.82, 2.24) is 0 Å². The van der Waals surface area contributed by atoms with Crippen LogP contribution >= 0.6 is 0 Å². The topological polar surface area (TPSA) is 26.3 Å². The molecule has 0 aromatic rings. The first-order valence-corrected chi connectivity index (χ1v) is 6.44. The van der Waals surface area contributed by atoms with E-state index in [-0.39, 0.29) is 5.60 Å². The lowest BCUT2D eigenvalue weighted by Crippen LogP contribution is -2.25. The molecule has 0 radical (unpaired) electrons. The van der Waals surface area contributed by atoms with Gasteiger partial charge in [-0.3, -0.25) is 4.79 Å². The Morgan fingerprint density at radius 1 is 1.33 bits per heavy atom. The summed E-state index contributed by atoms with van der Waals surface area (Å²) < 4.78 is 6.15. The van der Waals surface area contributed by atoms with Gasteiger partial charge >= 0.3 is 0 Å². The summed E-state index contributed by atoms with van der Waals surface area (Å²) in [6, 6.07) is 0. The third-order valence-corrected chi connectivity index (χ3v) is 3.99. The number of hydrogen-bond donors (Lipinski definition) is 0. The zero-order chi connectivity index (χ0) is 10.7. The van der Waals surface area contributed by atoms with Gasteiger partial charge in [0.2, 0.25) is 0 Å². The molecule has 1 atom stereocenters. The molecule has 1 heterocycles. The molecule has 2 aliphatic rings. The van der Waals surface area contributed by atoms with E-state index < -0.39 is 0 Å². The lowest BCUT2D eigenvalue weighted by atomic mass is 9.97. The van der Waals surface area contributed by atoms with Crippen LogP contribution in [0.3, 0.4) is 0 Å². The quantitative estimate of drug-likeness (QED) is 0.712. The first-order valence-electron chi connectivity index (χ1n) is 6.44. The Kier molecular flexibility index (Phi) is 3.45. The largest absolute Gasteiger partial charge is 0.372 e. The number of hydrogen-bond acceptors (Lipinski definition) is 2. The Hall–Kier alpha value is -0.370. The van der Waals surface area contributed by atoms with Crippen LogP contribution in [0.15, 0.2) is 0 Å². The van der Waals surface area contributed by atoms with E-state index in [1.807, 2.05) is 6.92 Å². The summed E-state index contributed by atoms with van der Waals surface area (Å²) >= 11 is 0. The van der Waals surface area contributed by atoms with E-state index in [9.17, 15) is 4.79 Å². The van der Waals surface area contributed by atoms with Gasteiger partial charge in [-0.25, -0.2) is 0 Å². The Morgan fingerprint density at radius 2 is 2.07 bits per heavy atom. The predicted molar refractivity (Wildman–Crippen MR) is 59.8 cm³/mol. The summed E-state index contributed by atoms with van der Waals surface area (Å²) in [7, 11) is 0. The van der Waals surface area contributed by atoms with E-state index >= 15 is 0 Å².